The van der Waals surface area contributed by atoms with Crippen molar-refractivity contribution in [1.29, 1.82) is 0 Å². The van der Waals surface area contributed by atoms with Gasteiger partial charge in [-0.25, -0.2) is 0 Å². The van der Waals surface area contributed by atoms with Gasteiger partial charge in [-0.05, 0) is 36.2 Å². The van der Waals surface area contributed by atoms with Crippen LogP contribution in [0.25, 0.3) is 0 Å². The minimum atomic E-state index is 0.270. The summed E-state index contributed by atoms with van der Waals surface area (Å²) >= 11 is 6.51. The summed E-state index contributed by atoms with van der Waals surface area (Å²) in [6, 6.07) is 10.5. The number of alkyl halides is 1. The van der Waals surface area contributed by atoms with Gasteiger partial charge in [-0.1, -0.05) is 36.8 Å². The van der Waals surface area contributed by atoms with E-state index in [1.165, 1.54) is 24.8 Å². The van der Waals surface area contributed by atoms with Crippen LogP contribution < -0.4 is 0 Å². The van der Waals surface area contributed by atoms with Crippen LogP contribution in [0, 0.1) is 17.8 Å². The highest BCUT2D eigenvalue weighted by atomic mass is 35.5. The summed E-state index contributed by atoms with van der Waals surface area (Å²) in [4.78, 5) is 0. The molecule has 1 heteroatoms. The summed E-state index contributed by atoms with van der Waals surface area (Å²) in [7, 11) is 0. The van der Waals surface area contributed by atoms with Crippen LogP contribution in [0.4, 0.5) is 0 Å². The van der Waals surface area contributed by atoms with E-state index in [1.54, 1.807) is 0 Å². The molecule has 0 radical (unpaired) electrons. The molecular formula is C13H15Cl. The molecule has 2 aliphatic rings. The maximum absolute atomic E-state index is 6.51. The van der Waals surface area contributed by atoms with E-state index >= 15 is 0 Å². The van der Waals surface area contributed by atoms with Gasteiger partial charge in [0.05, 0.1) is 5.38 Å². The van der Waals surface area contributed by atoms with Gasteiger partial charge in [0, 0.05) is 0 Å². The molecular weight excluding hydrogens is 192 g/mol. The fourth-order valence-corrected chi connectivity index (χ4v) is 3.69. The summed E-state index contributed by atoms with van der Waals surface area (Å²) in [6.45, 7) is 0. The fraction of sp³-hybridized carbons (Fsp3) is 0.538. The zero-order valence-electron chi connectivity index (χ0n) is 8.20. The molecule has 3 unspecified atom stereocenters. The minimum Gasteiger partial charge on any atom is -0.117 e. The maximum Gasteiger partial charge on any atom is 0.0618 e. The first-order valence-corrected chi connectivity index (χ1v) is 6.00. The highest BCUT2D eigenvalue weighted by Gasteiger charge is 2.55. The average Bonchev–Trinajstić information content (AvgIpc) is 2.72. The van der Waals surface area contributed by atoms with Gasteiger partial charge in [-0.15, -0.1) is 11.6 Å². The summed E-state index contributed by atoms with van der Waals surface area (Å²) in [6.07, 6.45) is 4.28. The van der Waals surface area contributed by atoms with Gasteiger partial charge < -0.3 is 0 Å². The molecule has 2 saturated carbocycles. The van der Waals surface area contributed by atoms with Gasteiger partial charge in [0.25, 0.3) is 0 Å². The van der Waals surface area contributed by atoms with E-state index in [4.69, 9.17) is 11.6 Å². The standard InChI is InChI=1S/C13H15Cl/c14-13(9-5-2-1-3-6-9)12-10-7-4-8-11(10)12/h1-3,5-6,10-13H,4,7-8H2. The first-order chi connectivity index (χ1) is 6.88. The van der Waals surface area contributed by atoms with Gasteiger partial charge >= 0.3 is 0 Å². The van der Waals surface area contributed by atoms with Crippen molar-refractivity contribution >= 4 is 11.6 Å². The van der Waals surface area contributed by atoms with Crippen LogP contribution in [-0.2, 0) is 0 Å². The molecule has 74 valence electrons. The van der Waals surface area contributed by atoms with Crippen molar-refractivity contribution in [2.45, 2.75) is 24.6 Å². The van der Waals surface area contributed by atoms with E-state index in [9.17, 15) is 0 Å². The van der Waals surface area contributed by atoms with E-state index in [2.05, 4.69) is 30.3 Å². The number of benzene rings is 1. The van der Waals surface area contributed by atoms with Crippen molar-refractivity contribution in [1.82, 2.24) is 0 Å². The third kappa shape index (κ3) is 1.28. The van der Waals surface area contributed by atoms with Crippen LogP contribution in [0.15, 0.2) is 30.3 Å². The zero-order valence-corrected chi connectivity index (χ0v) is 8.95. The third-order valence-corrected chi connectivity index (χ3v) is 4.47. The normalized spacial score (nSPS) is 36.5. The van der Waals surface area contributed by atoms with Crippen molar-refractivity contribution in [3.63, 3.8) is 0 Å². The van der Waals surface area contributed by atoms with Gasteiger partial charge in [-0.3, -0.25) is 0 Å². The monoisotopic (exact) mass is 206 g/mol. The predicted molar refractivity (Wildman–Crippen MR) is 59.4 cm³/mol. The number of halogens is 1. The largest absolute Gasteiger partial charge is 0.117 e. The Morgan fingerprint density at radius 2 is 1.71 bits per heavy atom. The molecule has 0 heterocycles. The SMILES string of the molecule is ClC(c1ccccc1)C1C2CCCC21. The van der Waals surface area contributed by atoms with Crippen molar-refractivity contribution in [3.8, 4) is 0 Å². The Morgan fingerprint density at radius 1 is 1.07 bits per heavy atom. The molecule has 3 rings (SSSR count). The summed E-state index contributed by atoms with van der Waals surface area (Å²) in [5, 5.41) is 0.270. The Kier molecular flexibility index (Phi) is 2.05. The number of rotatable bonds is 2. The topological polar surface area (TPSA) is 0 Å². The van der Waals surface area contributed by atoms with E-state index < -0.39 is 0 Å². The molecule has 0 saturated heterocycles. The Hall–Kier alpha value is -0.490. The molecule has 0 aliphatic heterocycles. The number of fused-ring (bicyclic) bond motifs is 1. The molecule has 0 nitrogen and oxygen atoms in total. The lowest BCUT2D eigenvalue weighted by molar-refractivity contribution is 0.574. The lowest BCUT2D eigenvalue weighted by Crippen LogP contribution is -1.98. The van der Waals surface area contributed by atoms with Crippen molar-refractivity contribution in [2.75, 3.05) is 0 Å². The van der Waals surface area contributed by atoms with Crippen LogP contribution in [0.2, 0.25) is 0 Å². The Bertz CT molecular complexity index is 309. The second kappa shape index (κ2) is 3.27. The Balaban J connectivity index is 1.75. The molecule has 0 aromatic heterocycles. The quantitative estimate of drug-likeness (QED) is 0.642. The first-order valence-electron chi connectivity index (χ1n) is 5.57. The van der Waals surface area contributed by atoms with Crippen LogP contribution in [0.5, 0.6) is 0 Å². The smallest absolute Gasteiger partial charge is 0.0618 e. The highest BCUT2D eigenvalue weighted by Crippen LogP contribution is 2.63. The molecule has 1 aromatic carbocycles. The van der Waals surface area contributed by atoms with Gasteiger partial charge in [0.2, 0.25) is 0 Å². The Morgan fingerprint density at radius 3 is 2.36 bits per heavy atom. The van der Waals surface area contributed by atoms with Crippen LogP contribution in [-0.4, -0.2) is 0 Å². The van der Waals surface area contributed by atoms with Gasteiger partial charge in [0.1, 0.15) is 0 Å². The van der Waals surface area contributed by atoms with Crippen LogP contribution in [0.3, 0.4) is 0 Å². The molecule has 14 heavy (non-hydrogen) atoms. The lowest BCUT2D eigenvalue weighted by atomic mass is 10.0. The first kappa shape index (κ1) is 8.79. The predicted octanol–water partition coefficient (Wildman–Crippen LogP) is 4.01. The molecule has 0 spiro atoms. The summed E-state index contributed by atoms with van der Waals surface area (Å²) in [5.74, 6) is 2.70. The van der Waals surface area contributed by atoms with Crippen molar-refractivity contribution in [2.24, 2.45) is 17.8 Å². The van der Waals surface area contributed by atoms with Gasteiger partial charge in [-0.2, -0.15) is 0 Å². The summed E-state index contributed by atoms with van der Waals surface area (Å²) in [5.41, 5.74) is 1.31. The molecule has 0 N–H and O–H groups in total. The average molecular weight is 207 g/mol. The van der Waals surface area contributed by atoms with Crippen molar-refractivity contribution < 1.29 is 0 Å². The summed E-state index contributed by atoms with van der Waals surface area (Å²) < 4.78 is 0. The highest BCUT2D eigenvalue weighted by molar-refractivity contribution is 6.21. The molecule has 1 aromatic rings. The third-order valence-electron chi connectivity index (χ3n) is 3.93. The van der Waals surface area contributed by atoms with Gasteiger partial charge in [0.15, 0.2) is 0 Å². The Labute approximate surface area is 90.3 Å². The molecule has 2 aliphatic carbocycles. The second-order valence-electron chi connectivity index (χ2n) is 4.65. The maximum atomic E-state index is 6.51. The fourth-order valence-electron chi connectivity index (χ4n) is 3.17. The molecule has 2 fully saturated rings. The molecule has 0 amide bonds. The minimum absolute atomic E-state index is 0.270. The van der Waals surface area contributed by atoms with E-state index in [-0.39, 0.29) is 5.38 Å². The van der Waals surface area contributed by atoms with Crippen LogP contribution in [0.1, 0.15) is 30.2 Å². The van der Waals surface area contributed by atoms with Crippen LogP contribution >= 0.6 is 11.6 Å². The van der Waals surface area contributed by atoms with Crippen molar-refractivity contribution in [3.05, 3.63) is 35.9 Å². The van der Waals surface area contributed by atoms with E-state index in [0.29, 0.717) is 0 Å². The molecule has 3 atom stereocenters. The van der Waals surface area contributed by atoms with E-state index in [1.807, 2.05) is 0 Å². The zero-order chi connectivity index (χ0) is 9.54. The second-order valence-corrected chi connectivity index (χ2v) is 5.12. The number of hydrogen-bond donors (Lipinski definition) is 0. The lowest BCUT2D eigenvalue weighted by Gasteiger charge is -2.11. The number of hydrogen-bond acceptors (Lipinski definition) is 0. The van der Waals surface area contributed by atoms with E-state index in [0.717, 1.165) is 17.8 Å². The molecule has 0 bridgehead atoms.